The molecule has 2 aromatic rings. The van der Waals surface area contributed by atoms with Gasteiger partial charge in [-0.3, -0.25) is 19.2 Å². The Balaban J connectivity index is 1.75. The van der Waals surface area contributed by atoms with Gasteiger partial charge in [-0.25, -0.2) is 19.6 Å². The van der Waals surface area contributed by atoms with Crippen LogP contribution in [0.15, 0.2) is 10.8 Å². The molecule has 1 fully saturated rings. The highest BCUT2D eigenvalue weighted by molar-refractivity contribution is 7.10. The highest BCUT2D eigenvalue weighted by atomic mass is 32.1. The first-order valence-electron chi connectivity index (χ1n) is 19.6. The number of aliphatic hydroxyl groups excluding tert-OH is 1. The Labute approximate surface area is 343 Å². The molecule has 2 aromatic heterocycles. The van der Waals surface area contributed by atoms with Gasteiger partial charge in [-0.2, -0.15) is 0 Å². The zero-order valence-electron chi connectivity index (χ0n) is 35.0. The number of alkyl carbamates (subject to hydrolysis) is 1. The van der Waals surface area contributed by atoms with Crippen molar-refractivity contribution in [3.63, 3.8) is 0 Å². The van der Waals surface area contributed by atoms with E-state index in [1.807, 2.05) is 20.8 Å². The summed E-state index contributed by atoms with van der Waals surface area (Å²) in [7, 11) is 0. The minimum absolute atomic E-state index is 0.186. The fourth-order valence-electron chi connectivity index (χ4n) is 6.22. The van der Waals surface area contributed by atoms with Gasteiger partial charge in [-0.15, -0.1) is 22.7 Å². The van der Waals surface area contributed by atoms with Gasteiger partial charge in [-0.1, -0.05) is 48.0 Å². The van der Waals surface area contributed by atoms with Crippen LogP contribution in [0.4, 0.5) is 4.79 Å². The van der Waals surface area contributed by atoms with Crippen LogP contribution >= 0.6 is 22.7 Å². The summed E-state index contributed by atoms with van der Waals surface area (Å²) >= 11 is 2.53. The zero-order chi connectivity index (χ0) is 42.8. The molecule has 0 unspecified atom stereocenters. The number of carbonyl (C=O) groups is 6. The average Bonchev–Trinajstić information content (AvgIpc) is 3.91. The number of thiazole rings is 2. The molecule has 5 N–H and O–H groups in total. The zero-order valence-corrected chi connectivity index (χ0v) is 36.6. The molecule has 0 aromatic carbocycles. The SMILES string of the molecule is CCOC(=O)c1csc([C@@H](CC(C)C)NC(=O)c2csc([C@@H]3CCCN3C(=O)[C@@H](NC(=O)[C@@H](NC(=O)[C@H](NC(=O)OC(C)(C)C)[C@@H](C)CC)[C@@H](C)O)C(C)C)n2)n1. The lowest BCUT2D eigenvalue weighted by molar-refractivity contribution is -0.140. The first kappa shape index (κ1) is 47.2. The molecule has 16 nitrogen and oxygen atoms in total. The lowest BCUT2D eigenvalue weighted by Gasteiger charge is -2.32. The predicted octanol–water partition coefficient (Wildman–Crippen LogP) is 4.90. The summed E-state index contributed by atoms with van der Waals surface area (Å²) in [6, 6.07) is -4.42. The second kappa shape index (κ2) is 21.0. The van der Waals surface area contributed by atoms with E-state index in [1.165, 1.54) is 29.6 Å². The summed E-state index contributed by atoms with van der Waals surface area (Å²) < 4.78 is 10.4. The van der Waals surface area contributed by atoms with Crippen molar-refractivity contribution in [2.24, 2.45) is 17.8 Å². The van der Waals surface area contributed by atoms with Crippen LogP contribution in [0.2, 0.25) is 0 Å². The maximum atomic E-state index is 14.2. The summed E-state index contributed by atoms with van der Waals surface area (Å²) in [5, 5.41) is 26.0. The van der Waals surface area contributed by atoms with Crippen LogP contribution in [0, 0.1) is 17.8 Å². The number of ether oxygens (including phenoxy) is 2. The van der Waals surface area contributed by atoms with Crippen molar-refractivity contribution in [2.75, 3.05) is 13.2 Å². The first-order valence-corrected chi connectivity index (χ1v) is 21.4. The van der Waals surface area contributed by atoms with Crippen molar-refractivity contribution in [3.8, 4) is 0 Å². The molecule has 0 radical (unpaired) electrons. The molecule has 0 spiro atoms. The number of amides is 5. The molecule has 57 heavy (non-hydrogen) atoms. The van der Waals surface area contributed by atoms with Gasteiger partial charge >= 0.3 is 12.1 Å². The van der Waals surface area contributed by atoms with E-state index in [0.717, 1.165) is 0 Å². The smallest absolute Gasteiger partial charge is 0.408 e. The molecule has 0 bridgehead atoms. The molecule has 318 valence electrons. The fourth-order valence-corrected chi connectivity index (χ4v) is 8.02. The molecule has 5 amide bonds. The van der Waals surface area contributed by atoms with E-state index in [1.54, 1.807) is 64.1 Å². The van der Waals surface area contributed by atoms with Crippen LogP contribution in [0.3, 0.4) is 0 Å². The van der Waals surface area contributed by atoms with Gasteiger partial charge in [0, 0.05) is 17.3 Å². The van der Waals surface area contributed by atoms with Crippen LogP contribution in [0.25, 0.3) is 0 Å². The van der Waals surface area contributed by atoms with Crippen molar-refractivity contribution in [3.05, 3.63) is 32.2 Å². The summed E-state index contributed by atoms with van der Waals surface area (Å²) in [6.45, 7) is 20.0. The summed E-state index contributed by atoms with van der Waals surface area (Å²) in [4.78, 5) is 90.5. The van der Waals surface area contributed by atoms with Crippen molar-refractivity contribution in [1.82, 2.24) is 36.1 Å². The molecule has 18 heteroatoms. The van der Waals surface area contributed by atoms with E-state index in [9.17, 15) is 33.9 Å². The number of likely N-dealkylation sites (tertiary alicyclic amines) is 1. The lowest BCUT2D eigenvalue weighted by atomic mass is 9.97. The Bertz CT molecular complexity index is 1700. The molecule has 7 atom stereocenters. The minimum Gasteiger partial charge on any atom is -0.461 e. The molecule has 3 heterocycles. The Hall–Kier alpha value is -4.16. The normalized spacial score (nSPS) is 17.6. The monoisotopic (exact) mass is 835 g/mol. The minimum atomic E-state index is -1.44. The van der Waals surface area contributed by atoms with E-state index >= 15 is 0 Å². The predicted molar refractivity (Wildman–Crippen MR) is 217 cm³/mol. The molecule has 0 aliphatic carbocycles. The quantitative estimate of drug-likeness (QED) is 0.127. The average molecular weight is 836 g/mol. The summed E-state index contributed by atoms with van der Waals surface area (Å²) in [6.07, 6.45) is 0.234. The van der Waals surface area contributed by atoms with Crippen LogP contribution in [-0.2, 0) is 23.9 Å². The second-order valence-electron chi connectivity index (χ2n) is 16.2. The highest BCUT2D eigenvalue weighted by Gasteiger charge is 2.40. The third-order valence-corrected chi connectivity index (χ3v) is 11.3. The summed E-state index contributed by atoms with van der Waals surface area (Å²) in [5.74, 6) is -3.25. The number of nitrogens with one attached hydrogen (secondary N) is 4. The van der Waals surface area contributed by atoms with Crippen molar-refractivity contribution >= 4 is 58.4 Å². The standard InChI is InChI=1S/C39H61N7O9S2/c1-12-22(7)29(45-38(53)55-39(9,10)11)32(49)44-30(23(8)47)33(50)43-28(21(5)6)36(51)46-16-14-15-27(46)35-41-25(18-57-35)31(48)40-24(17-20(3)4)34-42-26(19-56-34)37(52)54-13-2/h18-24,27-30,47H,12-17H2,1-11H3,(H,40,48)(H,43,50)(H,44,49)(H,45,53)/t22-,23+,24+,27-,28-,29+,30-/m0/s1. The van der Waals surface area contributed by atoms with Crippen molar-refractivity contribution in [1.29, 1.82) is 0 Å². The van der Waals surface area contributed by atoms with E-state index in [-0.39, 0.29) is 41.7 Å². The van der Waals surface area contributed by atoms with Crippen molar-refractivity contribution in [2.45, 2.75) is 144 Å². The number of nitrogens with zero attached hydrogens (tertiary/aromatic N) is 3. The second-order valence-corrected chi connectivity index (χ2v) is 18.0. The Morgan fingerprint density at radius 1 is 0.877 bits per heavy atom. The summed E-state index contributed by atoms with van der Waals surface area (Å²) in [5.41, 5.74) is -0.428. The third kappa shape index (κ3) is 13.5. The van der Waals surface area contributed by atoms with Gasteiger partial charge in [0.1, 0.15) is 39.4 Å². The number of carbonyl (C=O) groups excluding carboxylic acids is 6. The Morgan fingerprint density at radius 2 is 1.51 bits per heavy atom. The first-order chi connectivity index (χ1) is 26.7. The molecular formula is C39H61N7O9S2. The third-order valence-electron chi connectivity index (χ3n) is 9.35. The number of hydrogen-bond acceptors (Lipinski definition) is 13. The van der Waals surface area contributed by atoms with Crippen LogP contribution in [0.5, 0.6) is 0 Å². The van der Waals surface area contributed by atoms with Gasteiger partial charge in [-0.05, 0) is 71.6 Å². The van der Waals surface area contributed by atoms with Gasteiger partial charge in [0.15, 0.2) is 5.69 Å². The Kier molecular flexibility index (Phi) is 17.4. The molecule has 1 aliphatic rings. The van der Waals surface area contributed by atoms with E-state index < -0.39 is 71.7 Å². The molecular weight excluding hydrogens is 775 g/mol. The molecule has 1 aliphatic heterocycles. The van der Waals surface area contributed by atoms with Crippen molar-refractivity contribution < 1.29 is 43.3 Å². The Morgan fingerprint density at radius 3 is 2.09 bits per heavy atom. The van der Waals surface area contributed by atoms with Gasteiger partial charge in [0.05, 0.1) is 24.8 Å². The van der Waals surface area contributed by atoms with E-state index in [0.29, 0.717) is 42.2 Å². The van der Waals surface area contributed by atoms with E-state index in [4.69, 9.17) is 9.47 Å². The number of rotatable bonds is 18. The topological polar surface area (TPSA) is 218 Å². The van der Waals surface area contributed by atoms with Gasteiger partial charge in [0.25, 0.3) is 5.91 Å². The number of aromatic nitrogens is 2. The van der Waals surface area contributed by atoms with E-state index in [2.05, 4.69) is 31.2 Å². The molecule has 0 saturated carbocycles. The number of aliphatic hydroxyl groups is 1. The molecule has 3 rings (SSSR count). The van der Waals surface area contributed by atoms with Gasteiger partial charge in [0.2, 0.25) is 17.7 Å². The number of hydrogen-bond donors (Lipinski definition) is 5. The molecule has 1 saturated heterocycles. The van der Waals surface area contributed by atoms with Crippen LogP contribution < -0.4 is 21.3 Å². The van der Waals surface area contributed by atoms with Gasteiger partial charge < -0.3 is 40.7 Å². The fraction of sp³-hybridized carbons (Fsp3) is 0.692. The maximum absolute atomic E-state index is 14.2. The van der Waals surface area contributed by atoms with Crippen LogP contribution in [0.1, 0.15) is 145 Å². The highest BCUT2D eigenvalue weighted by Crippen LogP contribution is 2.35. The maximum Gasteiger partial charge on any atom is 0.408 e. The number of esters is 1. The lowest BCUT2D eigenvalue weighted by Crippen LogP contribution is -2.61. The largest absolute Gasteiger partial charge is 0.461 e. The van der Waals surface area contributed by atoms with Crippen LogP contribution in [-0.4, -0.2) is 98.6 Å².